The quantitative estimate of drug-likeness (QED) is 0.714. The van der Waals surface area contributed by atoms with Gasteiger partial charge in [0.1, 0.15) is 10.9 Å². The smallest absolute Gasteiger partial charge is 0.324 e. The monoisotopic (exact) mass is 348 g/mol. The number of hydrogen-bond donors (Lipinski definition) is 0. The zero-order chi connectivity index (χ0) is 17.6. The van der Waals surface area contributed by atoms with Gasteiger partial charge in [-0.3, -0.25) is 9.78 Å². The molecule has 0 radical (unpaired) electrons. The van der Waals surface area contributed by atoms with Crippen LogP contribution in [0, 0.1) is 0 Å². The van der Waals surface area contributed by atoms with Crippen molar-refractivity contribution in [1.29, 1.82) is 0 Å². The predicted octanol–water partition coefficient (Wildman–Crippen LogP) is 1.88. The van der Waals surface area contributed by atoms with Gasteiger partial charge in [-0.05, 0) is 31.0 Å². The van der Waals surface area contributed by atoms with E-state index in [4.69, 9.17) is 4.74 Å². The third kappa shape index (κ3) is 4.18. The number of ether oxygens (including phenoxy) is 1. The Balaban J connectivity index is 2.33. The highest BCUT2D eigenvalue weighted by molar-refractivity contribution is 7.89. The van der Waals surface area contributed by atoms with Crippen LogP contribution in [-0.4, -0.2) is 43.4 Å². The van der Waals surface area contributed by atoms with Crippen molar-refractivity contribution in [2.45, 2.75) is 24.3 Å². The van der Waals surface area contributed by atoms with Crippen LogP contribution in [0.1, 0.15) is 12.5 Å². The molecule has 1 atom stereocenters. The molecule has 0 spiro atoms. The summed E-state index contributed by atoms with van der Waals surface area (Å²) in [5.41, 5.74) is 0.851. The lowest BCUT2D eigenvalue weighted by atomic mass is 10.1. The molecule has 0 saturated carbocycles. The van der Waals surface area contributed by atoms with Crippen LogP contribution in [-0.2, 0) is 26.0 Å². The Bertz CT molecular complexity index is 764. The van der Waals surface area contributed by atoms with E-state index in [1.807, 2.05) is 30.3 Å². The van der Waals surface area contributed by atoms with Gasteiger partial charge in [0.2, 0.25) is 10.0 Å². The second-order valence-electron chi connectivity index (χ2n) is 5.17. The van der Waals surface area contributed by atoms with E-state index in [2.05, 4.69) is 4.98 Å². The third-order valence-corrected chi connectivity index (χ3v) is 5.43. The van der Waals surface area contributed by atoms with Crippen LogP contribution >= 0.6 is 0 Å². The first-order chi connectivity index (χ1) is 11.5. The number of hydrogen-bond acceptors (Lipinski definition) is 5. The Kier molecular flexibility index (Phi) is 6.05. The molecule has 0 saturated heterocycles. The number of pyridine rings is 1. The van der Waals surface area contributed by atoms with Gasteiger partial charge in [0, 0.05) is 19.4 Å². The first kappa shape index (κ1) is 18.1. The van der Waals surface area contributed by atoms with Crippen molar-refractivity contribution < 1.29 is 17.9 Å². The van der Waals surface area contributed by atoms with Crippen LogP contribution in [0.15, 0.2) is 59.8 Å². The maximum absolute atomic E-state index is 12.8. The molecule has 0 fully saturated rings. The number of aromatic nitrogens is 1. The van der Waals surface area contributed by atoms with Crippen LogP contribution in [0.5, 0.6) is 0 Å². The second kappa shape index (κ2) is 8.03. The number of carbonyl (C=O) groups is 1. The van der Waals surface area contributed by atoms with Gasteiger partial charge < -0.3 is 4.74 Å². The lowest BCUT2D eigenvalue weighted by molar-refractivity contribution is -0.147. The van der Waals surface area contributed by atoms with Gasteiger partial charge in [-0.15, -0.1) is 0 Å². The molecule has 0 N–H and O–H groups in total. The maximum Gasteiger partial charge on any atom is 0.324 e. The van der Waals surface area contributed by atoms with Gasteiger partial charge in [-0.1, -0.05) is 30.3 Å². The molecule has 6 nitrogen and oxygen atoms in total. The molecule has 128 valence electrons. The van der Waals surface area contributed by atoms with Gasteiger partial charge in [-0.25, -0.2) is 8.42 Å². The van der Waals surface area contributed by atoms with E-state index in [9.17, 15) is 13.2 Å². The SMILES string of the molecule is CCOC(=O)C(Cc1ccccc1)N(C)S(=O)(=O)c1cccnc1. The van der Waals surface area contributed by atoms with Gasteiger partial charge in [0.15, 0.2) is 0 Å². The van der Waals surface area contributed by atoms with Gasteiger partial charge in [-0.2, -0.15) is 4.31 Å². The molecule has 24 heavy (non-hydrogen) atoms. The molecule has 1 heterocycles. The molecule has 1 aromatic carbocycles. The Morgan fingerprint density at radius 3 is 2.50 bits per heavy atom. The van der Waals surface area contributed by atoms with Gasteiger partial charge >= 0.3 is 5.97 Å². The number of rotatable bonds is 7. The lowest BCUT2D eigenvalue weighted by Gasteiger charge is -2.25. The van der Waals surface area contributed by atoms with Crippen molar-refractivity contribution in [1.82, 2.24) is 9.29 Å². The van der Waals surface area contributed by atoms with E-state index in [-0.39, 0.29) is 17.9 Å². The molecule has 0 bridgehead atoms. The lowest BCUT2D eigenvalue weighted by Crippen LogP contribution is -2.44. The van der Waals surface area contributed by atoms with Crippen molar-refractivity contribution in [3.8, 4) is 0 Å². The second-order valence-corrected chi connectivity index (χ2v) is 7.17. The van der Waals surface area contributed by atoms with Crippen molar-refractivity contribution in [2.24, 2.45) is 0 Å². The van der Waals surface area contributed by atoms with Crippen LogP contribution in [0.2, 0.25) is 0 Å². The highest BCUT2D eigenvalue weighted by Crippen LogP contribution is 2.19. The normalized spacial score (nSPS) is 12.8. The van der Waals surface area contributed by atoms with E-state index < -0.39 is 22.0 Å². The molecule has 1 aromatic heterocycles. The topological polar surface area (TPSA) is 76.6 Å². The summed E-state index contributed by atoms with van der Waals surface area (Å²) in [6.45, 7) is 1.87. The summed E-state index contributed by atoms with van der Waals surface area (Å²) in [6, 6.07) is 11.3. The highest BCUT2D eigenvalue weighted by atomic mass is 32.2. The van der Waals surface area contributed by atoms with Crippen molar-refractivity contribution >= 4 is 16.0 Å². The average Bonchev–Trinajstić information content (AvgIpc) is 2.61. The molecule has 0 amide bonds. The van der Waals surface area contributed by atoms with Crippen molar-refractivity contribution in [2.75, 3.05) is 13.7 Å². The molecular formula is C17H20N2O4S. The average molecular weight is 348 g/mol. The van der Waals surface area contributed by atoms with E-state index in [1.165, 1.54) is 31.6 Å². The molecule has 0 aliphatic rings. The molecule has 0 aliphatic carbocycles. The molecule has 1 unspecified atom stereocenters. The van der Waals surface area contributed by atoms with Crippen LogP contribution in [0.25, 0.3) is 0 Å². The zero-order valence-corrected chi connectivity index (χ0v) is 14.4. The van der Waals surface area contributed by atoms with Gasteiger partial charge in [0.05, 0.1) is 6.61 Å². The summed E-state index contributed by atoms with van der Waals surface area (Å²) in [5.74, 6) is -0.573. The fraction of sp³-hybridized carbons (Fsp3) is 0.294. The summed E-state index contributed by atoms with van der Waals surface area (Å²) in [5, 5.41) is 0. The Morgan fingerprint density at radius 1 is 1.21 bits per heavy atom. The maximum atomic E-state index is 12.8. The van der Waals surface area contributed by atoms with E-state index >= 15 is 0 Å². The van der Waals surface area contributed by atoms with E-state index in [0.29, 0.717) is 0 Å². The van der Waals surface area contributed by atoms with E-state index in [0.717, 1.165) is 9.87 Å². The number of benzene rings is 1. The molecule has 0 aliphatic heterocycles. The van der Waals surface area contributed by atoms with Crippen LogP contribution < -0.4 is 0 Å². The number of nitrogens with zero attached hydrogens (tertiary/aromatic N) is 2. The Hall–Kier alpha value is -2.25. The standard InChI is InChI=1S/C17H20N2O4S/c1-3-23-17(20)16(12-14-8-5-4-6-9-14)19(2)24(21,22)15-10-7-11-18-13-15/h4-11,13,16H,3,12H2,1-2H3. The molecule has 2 rings (SSSR count). The first-order valence-electron chi connectivity index (χ1n) is 7.55. The van der Waals surface area contributed by atoms with Crippen LogP contribution in [0.3, 0.4) is 0 Å². The Labute approximate surface area is 142 Å². The molecular weight excluding hydrogens is 328 g/mol. The minimum atomic E-state index is -3.85. The number of sulfonamides is 1. The number of likely N-dealkylation sites (N-methyl/N-ethyl adjacent to an activating group) is 1. The Morgan fingerprint density at radius 2 is 1.92 bits per heavy atom. The van der Waals surface area contributed by atoms with Crippen molar-refractivity contribution in [3.05, 3.63) is 60.4 Å². The summed E-state index contributed by atoms with van der Waals surface area (Å²) in [4.78, 5) is 16.2. The zero-order valence-electron chi connectivity index (χ0n) is 13.6. The molecule has 7 heteroatoms. The number of carbonyl (C=O) groups excluding carboxylic acids is 1. The predicted molar refractivity (Wildman–Crippen MR) is 89.8 cm³/mol. The van der Waals surface area contributed by atoms with Gasteiger partial charge in [0.25, 0.3) is 0 Å². The van der Waals surface area contributed by atoms with Crippen molar-refractivity contribution in [3.63, 3.8) is 0 Å². The largest absolute Gasteiger partial charge is 0.465 e. The fourth-order valence-electron chi connectivity index (χ4n) is 2.27. The number of esters is 1. The summed E-state index contributed by atoms with van der Waals surface area (Å²) < 4.78 is 31.6. The highest BCUT2D eigenvalue weighted by Gasteiger charge is 2.34. The summed E-state index contributed by atoms with van der Waals surface area (Å²) in [6.07, 6.45) is 2.98. The van der Waals surface area contributed by atoms with E-state index in [1.54, 1.807) is 6.92 Å². The molecule has 2 aromatic rings. The summed E-state index contributed by atoms with van der Waals surface area (Å²) >= 11 is 0. The minimum absolute atomic E-state index is 0.0369. The minimum Gasteiger partial charge on any atom is -0.465 e. The fourth-order valence-corrected chi connectivity index (χ4v) is 3.54. The van der Waals surface area contributed by atoms with Crippen LogP contribution in [0.4, 0.5) is 0 Å². The first-order valence-corrected chi connectivity index (χ1v) is 8.99. The third-order valence-electron chi connectivity index (χ3n) is 3.58. The summed E-state index contributed by atoms with van der Waals surface area (Å²) in [7, 11) is -2.47.